The molecule has 0 radical (unpaired) electrons. The molecule has 2 saturated carbocycles. The number of nitrogens with one attached hydrogen (secondary N) is 2. The van der Waals surface area contributed by atoms with E-state index in [1.165, 1.54) is 16.7 Å². The molecule has 0 saturated heterocycles. The number of carbonyl (C=O) groups is 1. The van der Waals surface area contributed by atoms with E-state index in [2.05, 4.69) is 79.6 Å². The van der Waals surface area contributed by atoms with E-state index in [4.69, 9.17) is 9.47 Å². The monoisotopic (exact) mass is 761 g/mol. The summed E-state index contributed by atoms with van der Waals surface area (Å²) in [7, 11) is 3.65. The Kier molecular flexibility index (Phi) is 17.3. The van der Waals surface area contributed by atoms with Crippen LogP contribution in [0.2, 0.25) is 0 Å². The molecule has 1 spiro atoms. The third-order valence-corrected chi connectivity index (χ3v) is 13.2. The summed E-state index contributed by atoms with van der Waals surface area (Å²) < 4.78 is 11.5. The van der Waals surface area contributed by atoms with Gasteiger partial charge in [0.25, 0.3) is 0 Å². The molecule has 2 aliphatic carbocycles. The van der Waals surface area contributed by atoms with Crippen LogP contribution in [-0.4, -0.2) is 92.5 Å². The molecule has 2 bridgehead atoms. The first kappa shape index (κ1) is 45.0. The van der Waals surface area contributed by atoms with Crippen molar-refractivity contribution in [2.45, 2.75) is 116 Å². The molecule has 0 amide bonds. The second kappa shape index (κ2) is 21.2. The summed E-state index contributed by atoms with van der Waals surface area (Å²) in [4.78, 5) is 12.1. The minimum absolute atomic E-state index is 0.0195. The molecule has 7 atom stereocenters. The molecule has 8 heteroatoms. The van der Waals surface area contributed by atoms with E-state index < -0.39 is 17.1 Å². The quantitative estimate of drug-likeness (QED) is 0.0499. The second-order valence-electron chi connectivity index (χ2n) is 16.9. The Morgan fingerprint density at radius 2 is 1.98 bits per heavy atom. The van der Waals surface area contributed by atoms with Crippen LogP contribution in [0.1, 0.15) is 96.6 Å². The zero-order valence-electron chi connectivity index (χ0n) is 34.8. The fourth-order valence-corrected chi connectivity index (χ4v) is 9.92. The van der Waals surface area contributed by atoms with E-state index >= 15 is 0 Å². The van der Waals surface area contributed by atoms with Crippen molar-refractivity contribution in [1.82, 2.24) is 10.6 Å². The van der Waals surface area contributed by atoms with Crippen LogP contribution >= 0.6 is 0 Å². The molecule has 8 nitrogen and oxygen atoms in total. The summed E-state index contributed by atoms with van der Waals surface area (Å²) in [6.45, 7) is 16.0. The summed E-state index contributed by atoms with van der Waals surface area (Å²) in [5, 5.41) is 42.2. The highest BCUT2D eigenvalue weighted by molar-refractivity contribution is 5.74. The molecule has 55 heavy (non-hydrogen) atoms. The number of aliphatic hydroxyl groups excluding tert-OH is 2. The third-order valence-electron chi connectivity index (χ3n) is 13.2. The highest BCUT2D eigenvalue weighted by atomic mass is 16.5. The highest BCUT2D eigenvalue weighted by Crippen LogP contribution is 2.64. The number of benzene rings is 1. The summed E-state index contributed by atoms with van der Waals surface area (Å²) in [5.74, 6) is -0.225. The average molecular weight is 761 g/mol. The number of rotatable bonds is 17. The van der Waals surface area contributed by atoms with Crippen molar-refractivity contribution in [2.24, 2.45) is 23.2 Å². The normalized spacial score (nSPS) is 31.6. The smallest absolute Gasteiger partial charge is 0.145 e. The molecule has 2 fully saturated rings. The van der Waals surface area contributed by atoms with E-state index in [9.17, 15) is 20.1 Å². The number of carbonyl (C=O) groups excluding carboxylic acids is 1. The van der Waals surface area contributed by atoms with Crippen LogP contribution in [-0.2, 0) is 27.1 Å². The molecule has 1 aliphatic heterocycles. The van der Waals surface area contributed by atoms with Gasteiger partial charge < -0.3 is 35.4 Å². The first-order valence-corrected chi connectivity index (χ1v) is 20.8. The van der Waals surface area contributed by atoms with Gasteiger partial charge in [0.1, 0.15) is 6.29 Å². The first-order valence-electron chi connectivity index (χ1n) is 20.8. The van der Waals surface area contributed by atoms with Crippen molar-refractivity contribution in [3.8, 4) is 0 Å². The molecule has 1 aromatic carbocycles. The number of hydrogen-bond acceptors (Lipinski definition) is 8. The number of aliphatic hydroxyl groups is 3. The number of aldehydes is 1. The largest absolute Gasteiger partial charge is 0.396 e. The Balaban J connectivity index is 1.65. The molecule has 1 aromatic rings. The number of allylic oxidation sites excluding steroid dienone is 7. The van der Waals surface area contributed by atoms with Crippen LogP contribution in [0.3, 0.4) is 0 Å². The SMILES string of the molecule is C=C(C=CC=C(COCC)C1CCC2(C(CCCO)C(=C(C)C=O)CCC2(O)CCNC)C1O)C1CC=C(C)CNC(C)(CCOC)Cc2cccc(c2)C1. The minimum atomic E-state index is -1.13. The molecular weight excluding hydrogens is 689 g/mol. The predicted molar refractivity (Wildman–Crippen MR) is 224 cm³/mol. The van der Waals surface area contributed by atoms with E-state index in [-0.39, 0.29) is 29.9 Å². The lowest BCUT2D eigenvalue weighted by Crippen LogP contribution is -2.61. The topological polar surface area (TPSA) is 120 Å². The van der Waals surface area contributed by atoms with Crippen LogP contribution in [0.4, 0.5) is 0 Å². The van der Waals surface area contributed by atoms with Gasteiger partial charge in [0.05, 0.1) is 18.3 Å². The molecule has 3 aliphatic rings. The lowest BCUT2D eigenvalue weighted by molar-refractivity contribution is -0.180. The second-order valence-corrected chi connectivity index (χ2v) is 16.9. The predicted octanol–water partition coefficient (Wildman–Crippen LogP) is 6.99. The van der Waals surface area contributed by atoms with Crippen molar-refractivity contribution >= 4 is 6.29 Å². The maximum Gasteiger partial charge on any atom is 0.145 e. The molecule has 5 N–H and O–H groups in total. The molecule has 0 aromatic heterocycles. The standard InChI is InChI=1S/C47H72N2O6/c1-8-55-33-40(42-20-22-47(44(42)52)43(16-11-26-50)41(36(4)32-51)19-21-46(47,53)23-25-48-6)15-9-12-35(3)39-18-17-34(2)31-49-45(5,24-27-54-7)30-38-14-10-13-37(28-38)29-39/h9-10,12-15,17,28,32,39,42-44,48-50,52-53H,3,8,11,16,18-27,29-31,33H2,1-2,4-7H3. The molecular formula is C47H72N2O6. The summed E-state index contributed by atoms with van der Waals surface area (Å²) in [6, 6.07) is 8.97. The van der Waals surface area contributed by atoms with Gasteiger partial charge in [-0.2, -0.15) is 0 Å². The van der Waals surface area contributed by atoms with E-state index in [1.807, 2.05) is 20.9 Å². The maximum absolute atomic E-state index is 12.6. The Morgan fingerprint density at radius 3 is 2.69 bits per heavy atom. The fraction of sp³-hybridized carbons (Fsp3) is 0.638. The van der Waals surface area contributed by atoms with Gasteiger partial charge in [-0.25, -0.2) is 0 Å². The number of fused-ring (bicyclic) bond motifs is 2. The maximum atomic E-state index is 12.6. The minimum Gasteiger partial charge on any atom is -0.396 e. The zero-order valence-corrected chi connectivity index (χ0v) is 34.8. The number of hydrogen-bond donors (Lipinski definition) is 5. The molecule has 4 rings (SSSR count). The Labute approximate surface area is 332 Å². The van der Waals surface area contributed by atoms with Gasteiger partial charge in [-0.05, 0) is 146 Å². The fourth-order valence-electron chi connectivity index (χ4n) is 9.92. The summed E-state index contributed by atoms with van der Waals surface area (Å²) >= 11 is 0. The Hall–Kier alpha value is -2.69. The van der Waals surface area contributed by atoms with Gasteiger partial charge in [0.15, 0.2) is 0 Å². The van der Waals surface area contributed by atoms with Gasteiger partial charge in [-0.1, -0.05) is 71.9 Å². The third kappa shape index (κ3) is 11.0. The summed E-state index contributed by atoms with van der Waals surface area (Å²) in [5.41, 5.74) is 5.63. The average Bonchev–Trinajstić information content (AvgIpc) is 3.52. The zero-order chi connectivity index (χ0) is 40.1. The van der Waals surface area contributed by atoms with Crippen LogP contribution in [0.25, 0.3) is 0 Å². The van der Waals surface area contributed by atoms with Gasteiger partial charge in [0, 0.05) is 50.3 Å². The van der Waals surface area contributed by atoms with Crippen LogP contribution in [0, 0.1) is 23.2 Å². The van der Waals surface area contributed by atoms with Crippen molar-refractivity contribution in [3.63, 3.8) is 0 Å². The lowest BCUT2D eigenvalue weighted by Gasteiger charge is -2.57. The Bertz CT molecular complexity index is 1550. The first-order chi connectivity index (χ1) is 26.4. The van der Waals surface area contributed by atoms with Gasteiger partial charge >= 0.3 is 0 Å². The van der Waals surface area contributed by atoms with Crippen molar-refractivity contribution < 1.29 is 29.6 Å². The molecule has 1 heterocycles. The van der Waals surface area contributed by atoms with Crippen LogP contribution in [0.5, 0.6) is 0 Å². The summed E-state index contributed by atoms with van der Waals surface area (Å²) in [6.07, 6.45) is 16.4. The molecule has 306 valence electrons. The van der Waals surface area contributed by atoms with Crippen molar-refractivity contribution in [1.29, 1.82) is 0 Å². The van der Waals surface area contributed by atoms with E-state index in [1.54, 1.807) is 7.11 Å². The van der Waals surface area contributed by atoms with E-state index in [0.29, 0.717) is 76.9 Å². The van der Waals surface area contributed by atoms with Crippen LogP contribution < -0.4 is 10.6 Å². The number of methoxy groups -OCH3 is 1. The van der Waals surface area contributed by atoms with E-state index in [0.717, 1.165) is 55.2 Å². The van der Waals surface area contributed by atoms with Crippen molar-refractivity contribution in [3.05, 3.63) is 94.1 Å². The lowest BCUT2D eigenvalue weighted by atomic mass is 9.51. The Morgan fingerprint density at radius 1 is 1.20 bits per heavy atom. The number of ether oxygens (including phenoxy) is 2. The molecule has 7 unspecified atom stereocenters. The van der Waals surface area contributed by atoms with Gasteiger partial charge in [-0.15, -0.1) is 0 Å². The highest BCUT2D eigenvalue weighted by Gasteiger charge is 2.65. The van der Waals surface area contributed by atoms with Gasteiger partial charge in [0.2, 0.25) is 0 Å². The van der Waals surface area contributed by atoms with Crippen molar-refractivity contribution in [2.75, 3.05) is 53.7 Å². The van der Waals surface area contributed by atoms with Crippen LogP contribution in [0.15, 0.2) is 83.0 Å². The van der Waals surface area contributed by atoms with Gasteiger partial charge in [-0.3, -0.25) is 4.79 Å².